The molecule has 2 rings (SSSR count). The van der Waals surface area contributed by atoms with E-state index in [0.29, 0.717) is 5.56 Å². The quantitative estimate of drug-likeness (QED) is 0.862. The van der Waals surface area contributed by atoms with Crippen LogP contribution in [0.2, 0.25) is 0 Å². The van der Waals surface area contributed by atoms with E-state index in [4.69, 9.17) is 0 Å². The summed E-state index contributed by atoms with van der Waals surface area (Å²) >= 11 is 0. The lowest BCUT2D eigenvalue weighted by Gasteiger charge is -2.13. The molecule has 0 aliphatic heterocycles. The van der Waals surface area contributed by atoms with Gasteiger partial charge in [-0.1, -0.05) is 18.2 Å². The molecule has 1 aromatic carbocycles. The number of aryl methyl sites for hydroxylation is 1. The molecule has 1 heterocycles. The van der Waals surface area contributed by atoms with Gasteiger partial charge in [-0.25, -0.2) is 9.18 Å². The number of carbonyl (C=O) groups is 2. The van der Waals surface area contributed by atoms with E-state index in [1.165, 1.54) is 35.3 Å². The zero-order chi connectivity index (χ0) is 15.4. The van der Waals surface area contributed by atoms with Crippen LogP contribution in [0.3, 0.4) is 0 Å². The Labute approximate surface area is 120 Å². The van der Waals surface area contributed by atoms with Crippen LogP contribution in [0.4, 0.5) is 4.39 Å². The van der Waals surface area contributed by atoms with Gasteiger partial charge in [-0.3, -0.25) is 9.48 Å². The molecule has 0 saturated heterocycles. The van der Waals surface area contributed by atoms with E-state index in [9.17, 15) is 19.1 Å². The lowest BCUT2D eigenvalue weighted by Crippen LogP contribution is -2.34. The molecule has 6 nitrogen and oxygen atoms in total. The number of hydrogen-bond acceptors (Lipinski definition) is 3. The van der Waals surface area contributed by atoms with Crippen LogP contribution in [0.25, 0.3) is 0 Å². The van der Waals surface area contributed by atoms with Crippen LogP contribution in [0.5, 0.6) is 0 Å². The molecule has 2 N–H and O–H groups in total. The first-order valence-corrected chi connectivity index (χ1v) is 6.21. The van der Waals surface area contributed by atoms with Gasteiger partial charge >= 0.3 is 5.97 Å². The maximum absolute atomic E-state index is 13.5. The third-order valence-electron chi connectivity index (χ3n) is 2.92. The zero-order valence-electron chi connectivity index (χ0n) is 11.3. The first kappa shape index (κ1) is 14.7. The van der Waals surface area contributed by atoms with Crippen LogP contribution in [0, 0.1) is 5.82 Å². The van der Waals surface area contributed by atoms with Gasteiger partial charge in [0.05, 0.1) is 12.6 Å². The second kappa shape index (κ2) is 6.17. The molecule has 0 aliphatic rings. The van der Waals surface area contributed by atoms with Crippen LogP contribution in [-0.4, -0.2) is 26.8 Å². The predicted molar refractivity (Wildman–Crippen MR) is 71.8 cm³/mol. The maximum Gasteiger partial charge on any atom is 0.331 e. The monoisotopic (exact) mass is 291 g/mol. The Hall–Kier alpha value is -2.70. The summed E-state index contributed by atoms with van der Waals surface area (Å²) in [6, 6.07) is 4.65. The Kier molecular flexibility index (Phi) is 4.32. The minimum atomic E-state index is -1.21. The largest absolute Gasteiger partial charge is 0.479 e. The van der Waals surface area contributed by atoms with Crippen LogP contribution in [-0.2, 0) is 23.1 Å². The van der Waals surface area contributed by atoms with Crippen molar-refractivity contribution in [1.82, 2.24) is 15.1 Å². The van der Waals surface area contributed by atoms with Crippen LogP contribution < -0.4 is 5.32 Å². The van der Waals surface area contributed by atoms with Gasteiger partial charge in [0, 0.05) is 18.8 Å². The summed E-state index contributed by atoms with van der Waals surface area (Å²) in [6.07, 6.45) is 2.64. The molecular weight excluding hydrogens is 277 g/mol. The van der Waals surface area contributed by atoms with E-state index >= 15 is 0 Å². The number of hydrogen-bond donors (Lipinski definition) is 2. The molecule has 110 valence electrons. The van der Waals surface area contributed by atoms with Crippen LogP contribution in [0.1, 0.15) is 17.2 Å². The van der Waals surface area contributed by atoms with Gasteiger partial charge in [0.25, 0.3) is 0 Å². The first-order chi connectivity index (χ1) is 9.97. The number of carboxylic acids is 1. The normalized spacial score (nSPS) is 11.9. The first-order valence-electron chi connectivity index (χ1n) is 6.21. The van der Waals surface area contributed by atoms with Crippen LogP contribution in [0.15, 0.2) is 36.7 Å². The smallest absolute Gasteiger partial charge is 0.331 e. The topological polar surface area (TPSA) is 84.2 Å². The second-order valence-corrected chi connectivity index (χ2v) is 4.55. The third kappa shape index (κ3) is 3.65. The lowest BCUT2D eigenvalue weighted by atomic mass is 10.1. The Morgan fingerprint density at radius 2 is 2.14 bits per heavy atom. The number of nitrogens with one attached hydrogen (secondary N) is 1. The molecule has 0 spiro atoms. The Morgan fingerprint density at radius 3 is 2.71 bits per heavy atom. The summed E-state index contributed by atoms with van der Waals surface area (Å²) in [7, 11) is 1.64. The number of aromatic nitrogens is 2. The Balaban J connectivity index is 2.09. The van der Waals surface area contributed by atoms with Crippen molar-refractivity contribution in [2.75, 3.05) is 0 Å². The van der Waals surface area contributed by atoms with Gasteiger partial charge in [0.1, 0.15) is 5.82 Å². The highest BCUT2D eigenvalue weighted by atomic mass is 19.1. The Morgan fingerprint density at radius 1 is 1.43 bits per heavy atom. The predicted octanol–water partition coefficient (Wildman–Crippen LogP) is 1.04. The van der Waals surface area contributed by atoms with Gasteiger partial charge < -0.3 is 10.4 Å². The molecule has 1 amide bonds. The number of carboxylic acid groups (broad SMARTS) is 1. The van der Waals surface area contributed by atoms with E-state index in [2.05, 4.69) is 10.4 Å². The van der Waals surface area contributed by atoms with E-state index in [0.717, 1.165) is 0 Å². The highest BCUT2D eigenvalue weighted by Crippen LogP contribution is 2.13. The van der Waals surface area contributed by atoms with E-state index in [-0.39, 0.29) is 12.0 Å². The fourth-order valence-corrected chi connectivity index (χ4v) is 1.90. The number of amides is 1. The van der Waals surface area contributed by atoms with E-state index in [1.807, 2.05) is 0 Å². The third-order valence-corrected chi connectivity index (χ3v) is 2.92. The van der Waals surface area contributed by atoms with Crippen molar-refractivity contribution in [3.05, 3.63) is 53.6 Å². The van der Waals surface area contributed by atoms with Crippen molar-refractivity contribution < 1.29 is 19.1 Å². The number of rotatable bonds is 5. The fraction of sp³-hybridized carbons (Fsp3) is 0.214. The number of aliphatic carboxylic acids is 1. The van der Waals surface area contributed by atoms with Crippen LogP contribution >= 0.6 is 0 Å². The number of carbonyl (C=O) groups excluding carboxylic acids is 1. The molecule has 0 saturated carbocycles. The van der Waals surface area contributed by atoms with Crippen molar-refractivity contribution >= 4 is 11.9 Å². The fourth-order valence-electron chi connectivity index (χ4n) is 1.90. The van der Waals surface area contributed by atoms with Gasteiger partial charge in [0.15, 0.2) is 6.04 Å². The molecule has 1 aromatic heterocycles. The summed E-state index contributed by atoms with van der Waals surface area (Å²) in [6.45, 7) is 0. The molecular formula is C14H14FN3O3. The molecule has 7 heteroatoms. The Bertz CT molecular complexity index is 669. The standard InChI is InChI=1S/C14H14FN3O3/c1-18-8-10(7-16-18)13(14(20)21)17-12(19)6-9-4-2-3-5-11(9)15/h2-5,7-8,13H,6H2,1H3,(H,17,19)(H,20,21). The van der Waals surface area contributed by atoms with Gasteiger partial charge in [0.2, 0.25) is 5.91 Å². The minimum absolute atomic E-state index is 0.213. The average Bonchev–Trinajstić information content (AvgIpc) is 2.85. The summed E-state index contributed by atoms with van der Waals surface area (Å²) in [5.74, 6) is -2.28. The molecule has 1 unspecified atom stereocenters. The molecule has 0 radical (unpaired) electrons. The number of halogens is 1. The minimum Gasteiger partial charge on any atom is -0.479 e. The van der Waals surface area contributed by atoms with Crippen molar-refractivity contribution in [3.8, 4) is 0 Å². The highest BCUT2D eigenvalue weighted by Gasteiger charge is 2.23. The van der Waals surface area contributed by atoms with E-state index < -0.39 is 23.7 Å². The number of benzene rings is 1. The van der Waals surface area contributed by atoms with Gasteiger partial charge in [-0.05, 0) is 11.6 Å². The average molecular weight is 291 g/mol. The highest BCUT2D eigenvalue weighted by molar-refractivity contribution is 5.85. The summed E-state index contributed by atoms with van der Waals surface area (Å²) in [5, 5.41) is 15.4. The van der Waals surface area contributed by atoms with Crippen molar-refractivity contribution in [2.45, 2.75) is 12.5 Å². The molecule has 0 aliphatic carbocycles. The van der Waals surface area contributed by atoms with Crippen molar-refractivity contribution in [1.29, 1.82) is 0 Å². The molecule has 21 heavy (non-hydrogen) atoms. The van der Waals surface area contributed by atoms with Crippen molar-refractivity contribution in [3.63, 3.8) is 0 Å². The summed E-state index contributed by atoms with van der Waals surface area (Å²) in [5.41, 5.74) is 0.567. The van der Waals surface area contributed by atoms with Gasteiger partial charge in [-0.15, -0.1) is 0 Å². The molecule has 0 bridgehead atoms. The molecule has 2 aromatic rings. The lowest BCUT2D eigenvalue weighted by molar-refractivity contribution is -0.142. The van der Waals surface area contributed by atoms with Gasteiger partial charge in [-0.2, -0.15) is 5.10 Å². The molecule has 1 atom stereocenters. The van der Waals surface area contributed by atoms with Crippen molar-refractivity contribution in [2.24, 2.45) is 7.05 Å². The summed E-state index contributed by atoms with van der Waals surface area (Å²) < 4.78 is 14.9. The maximum atomic E-state index is 13.5. The SMILES string of the molecule is Cn1cc(C(NC(=O)Cc2ccccc2F)C(=O)O)cn1. The molecule has 0 fully saturated rings. The van der Waals surface area contributed by atoms with E-state index in [1.54, 1.807) is 13.1 Å². The second-order valence-electron chi connectivity index (χ2n) is 4.55. The number of nitrogens with zero attached hydrogens (tertiary/aromatic N) is 2. The summed E-state index contributed by atoms with van der Waals surface area (Å²) in [4.78, 5) is 23.1. The zero-order valence-corrected chi connectivity index (χ0v) is 11.3.